The molecule has 0 aliphatic carbocycles. The fourth-order valence-electron chi connectivity index (χ4n) is 4.51. The number of likely N-dealkylation sites (tertiary alicyclic amines) is 1. The predicted molar refractivity (Wildman–Crippen MR) is 162 cm³/mol. The first-order valence-corrected chi connectivity index (χ1v) is 14.2. The maximum atomic E-state index is 12.9. The molecule has 1 aliphatic heterocycles. The van der Waals surface area contributed by atoms with Crippen LogP contribution in [0.2, 0.25) is 5.02 Å². The number of carbonyl (C=O) groups excluding carboxylic acids is 2. The Bertz CT molecular complexity index is 1590. The number of benzene rings is 3. The minimum atomic E-state index is -4.51. The van der Waals surface area contributed by atoms with Crippen LogP contribution < -0.4 is 20.7 Å². The molecule has 3 aromatic carbocycles. The number of halogens is 4. The Morgan fingerprint density at radius 3 is 2.14 bits per heavy atom. The summed E-state index contributed by atoms with van der Waals surface area (Å²) in [6.07, 6.45) is 0.834. The molecule has 0 saturated carbocycles. The Balaban J connectivity index is 1.14. The number of alkyl halides is 3. The summed E-state index contributed by atoms with van der Waals surface area (Å²) in [5, 5.41) is 8.42. The Morgan fingerprint density at radius 1 is 0.841 bits per heavy atom. The topological polar surface area (TPSA) is 108 Å². The molecule has 1 fully saturated rings. The largest absolute Gasteiger partial charge is 0.492 e. The van der Waals surface area contributed by atoms with Gasteiger partial charge in [0.05, 0.1) is 34.2 Å². The Kier molecular flexibility index (Phi) is 9.61. The smallest absolute Gasteiger partial charge is 0.416 e. The fraction of sp³-hybridized carbons (Fsp3) is 0.226. The molecule has 2 heterocycles. The third-order valence-electron chi connectivity index (χ3n) is 6.84. The van der Waals surface area contributed by atoms with E-state index >= 15 is 0 Å². The first kappa shape index (κ1) is 30.8. The number of aromatic nitrogens is 2. The molecule has 1 saturated heterocycles. The van der Waals surface area contributed by atoms with Gasteiger partial charge in [0.2, 0.25) is 5.95 Å². The van der Waals surface area contributed by atoms with E-state index in [1.807, 2.05) is 24.3 Å². The molecule has 228 valence electrons. The summed E-state index contributed by atoms with van der Waals surface area (Å²) >= 11 is 6.22. The molecule has 2 amide bonds. The second-order valence-electron chi connectivity index (χ2n) is 10.0. The van der Waals surface area contributed by atoms with Crippen molar-refractivity contribution >= 4 is 46.4 Å². The van der Waals surface area contributed by atoms with Crippen LogP contribution in [0.3, 0.4) is 0 Å². The van der Waals surface area contributed by atoms with Gasteiger partial charge in [-0.1, -0.05) is 11.6 Å². The summed E-state index contributed by atoms with van der Waals surface area (Å²) in [7, 11) is 0. The first-order valence-electron chi connectivity index (χ1n) is 13.8. The van der Waals surface area contributed by atoms with Gasteiger partial charge in [-0.25, -0.2) is 9.97 Å². The Hall–Kier alpha value is -4.68. The summed E-state index contributed by atoms with van der Waals surface area (Å²) in [5.41, 5.74) is 0.496. The molecule has 0 unspecified atom stereocenters. The predicted octanol–water partition coefficient (Wildman–Crippen LogP) is 6.87. The minimum absolute atomic E-state index is 0.0157. The first-order chi connectivity index (χ1) is 21.1. The van der Waals surface area contributed by atoms with Gasteiger partial charge in [-0.2, -0.15) is 13.2 Å². The molecule has 44 heavy (non-hydrogen) atoms. The van der Waals surface area contributed by atoms with Gasteiger partial charge in [0.25, 0.3) is 11.8 Å². The van der Waals surface area contributed by atoms with Crippen molar-refractivity contribution in [3.63, 3.8) is 0 Å². The van der Waals surface area contributed by atoms with Gasteiger partial charge in [0, 0.05) is 23.5 Å². The SMILES string of the molecule is O=C(Nc1ccc(Cl)c(C(=O)Nc2cnc(Nc3ccc(OCCN4CCCC4)cc3)nc2)c1)c1ccc(C(F)(F)F)cc1. The van der Waals surface area contributed by atoms with Gasteiger partial charge in [-0.3, -0.25) is 14.5 Å². The van der Waals surface area contributed by atoms with Crippen molar-refractivity contribution in [3.05, 3.63) is 101 Å². The molecule has 0 bridgehead atoms. The van der Waals surface area contributed by atoms with Gasteiger partial charge in [-0.15, -0.1) is 0 Å². The standard InChI is InChI=1S/C31H28ClF3N6O3/c32-27-12-9-23(38-28(42)20-3-5-21(6-4-20)31(33,34)35)17-26(27)29(43)39-24-18-36-30(37-19-24)40-22-7-10-25(11-8-22)44-16-15-41-13-1-2-14-41/h3-12,17-19H,1-2,13-16H2,(H,38,42)(H,39,43)(H,36,37,40). The van der Waals surface area contributed by atoms with E-state index in [0.29, 0.717) is 18.2 Å². The monoisotopic (exact) mass is 624 g/mol. The molecule has 0 radical (unpaired) electrons. The number of rotatable bonds is 10. The molecule has 3 N–H and O–H groups in total. The van der Waals surface area contributed by atoms with Gasteiger partial charge in [-0.05, 0) is 92.7 Å². The van der Waals surface area contributed by atoms with Crippen molar-refractivity contribution in [1.82, 2.24) is 14.9 Å². The van der Waals surface area contributed by atoms with E-state index in [0.717, 1.165) is 55.3 Å². The average molecular weight is 625 g/mol. The van der Waals surface area contributed by atoms with Crippen LogP contribution in [0.5, 0.6) is 5.75 Å². The van der Waals surface area contributed by atoms with Crippen molar-refractivity contribution in [2.75, 3.05) is 42.2 Å². The van der Waals surface area contributed by atoms with Gasteiger partial charge in [0.15, 0.2) is 0 Å². The van der Waals surface area contributed by atoms with Crippen LogP contribution in [-0.2, 0) is 6.18 Å². The lowest BCUT2D eigenvalue weighted by atomic mass is 10.1. The maximum Gasteiger partial charge on any atom is 0.416 e. The normalized spacial score (nSPS) is 13.4. The number of nitrogens with one attached hydrogen (secondary N) is 3. The van der Waals surface area contributed by atoms with Gasteiger partial charge >= 0.3 is 6.18 Å². The number of hydrogen-bond donors (Lipinski definition) is 3. The lowest BCUT2D eigenvalue weighted by Gasteiger charge is -2.15. The lowest BCUT2D eigenvalue weighted by Crippen LogP contribution is -2.25. The zero-order chi connectivity index (χ0) is 31.1. The quantitative estimate of drug-likeness (QED) is 0.177. The summed E-state index contributed by atoms with van der Waals surface area (Å²) in [6.45, 7) is 3.81. The van der Waals surface area contributed by atoms with E-state index in [-0.39, 0.29) is 21.8 Å². The fourth-order valence-corrected chi connectivity index (χ4v) is 4.71. The molecule has 5 rings (SSSR count). The number of carbonyl (C=O) groups is 2. The van der Waals surface area contributed by atoms with Crippen LogP contribution >= 0.6 is 11.6 Å². The Morgan fingerprint density at radius 2 is 1.48 bits per heavy atom. The third-order valence-corrected chi connectivity index (χ3v) is 7.17. The summed E-state index contributed by atoms with van der Waals surface area (Å²) < 4.78 is 44.2. The summed E-state index contributed by atoms with van der Waals surface area (Å²) in [6, 6.07) is 15.5. The van der Waals surface area contributed by atoms with Gasteiger partial charge in [0.1, 0.15) is 12.4 Å². The van der Waals surface area contributed by atoms with Crippen LogP contribution in [0, 0.1) is 0 Å². The van der Waals surface area contributed by atoms with Crippen LogP contribution in [0.15, 0.2) is 79.1 Å². The molecule has 1 aromatic heterocycles. The van der Waals surface area contributed by atoms with Crippen molar-refractivity contribution in [3.8, 4) is 5.75 Å². The van der Waals surface area contributed by atoms with E-state index in [1.165, 1.54) is 43.4 Å². The van der Waals surface area contributed by atoms with E-state index in [4.69, 9.17) is 16.3 Å². The molecule has 0 spiro atoms. The Labute approximate surface area is 256 Å². The molecule has 0 atom stereocenters. The maximum absolute atomic E-state index is 12.9. The highest BCUT2D eigenvalue weighted by molar-refractivity contribution is 6.34. The minimum Gasteiger partial charge on any atom is -0.492 e. The molecule has 4 aromatic rings. The molecule has 9 nitrogen and oxygen atoms in total. The van der Waals surface area contributed by atoms with E-state index < -0.39 is 23.6 Å². The van der Waals surface area contributed by atoms with Crippen molar-refractivity contribution in [2.24, 2.45) is 0 Å². The summed E-state index contributed by atoms with van der Waals surface area (Å²) in [4.78, 5) is 36.3. The number of amides is 2. The zero-order valence-electron chi connectivity index (χ0n) is 23.3. The van der Waals surface area contributed by atoms with Crippen LogP contribution in [0.25, 0.3) is 0 Å². The molecule has 1 aliphatic rings. The molecule has 13 heteroatoms. The van der Waals surface area contributed by atoms with E-state index in [2.05, 4.69) is 30.8 Å². The second-order valence-corrected chi connectivity index (χ2v) is 10.4. The van der Waals surface area contributed by atoms with Crippen molar-refractivity contribution < 1.29 is 27.5 Å². The highest BCUT2D eigenvalue weighted by Gasteiger charge is 2.30. The third kappa shape index (κ3) is 8.23. The number of ether oxygens (including phenoxy) is 1. The highest BCUT2D eigenvalue weighted by Crippen LogP contribution is 2.29. The van der Waals surface area contributed by atoms with E-state index in [9.17, 15) is 22.8 Å². The lowest BCUT2D eigenvalue weighted by molar-refractivity contribution is -0.137. The van der Waals surface area contributed by atoms with Crippen molar-refractivity contribution in [1.29, 1.82) is 0 Å². The number of nitrogens with zero attached hydrogens (tertiary/aromatic N) is 3. The molecular weight excluding hydrogens is 597 g/mol. The van der Waals surface area contributed by atoms with Crippen LogP contribution in [-0.4, -0.2) is 52.9 Å². The van der Waals surface area contributed by atoms with Gasteiger partial charge < -0.3 is 20.7 Å². The number of hydrogen-bond acceptors (Lipinski definition) is 7. The highest BCUT2D eigenvalue weighted by atomic mass is 35.5. The number of anilines is 4. The van der Waals surface area contributed by atoms with Crippen LogP contribution in [0.4, 0.5) is 36.2 Å². The average Bonchev–Trinajstić information content (AvgIpc) is 3.53. The summed E-state index contributed by atoms with van der Waals surface area (Å²) in [5.74, 6) is -0.138. The zero-order valence-corrected chi connectivity index (χ0v) is 24.1. The second kappa shape index (κ2) is 13.7. The molecular formula is C31H28ClF3N6O3. The van der Waals surface area contributed by atoms with Crippen LogP contribution in [0.1, 0.15) is 39.1 Å². The van der Waals surface area contributed by atoms with E-state index in [1.54, 1.807) is 0 Å². The van der Waals surface area contributed by atoms with Crippen molar-refractivity contribution in [2.45, 2.75) is 19.0 Å².